The molecule has 1 saturated heterocycles. The van der Waals surface area contributed by atoms with Gasteiger partial charge in [-0.25, -0.2) is 0 Å². The van der Waals surface area contributed by atoms with E-state index in [4.69, 9.17) is 5.73 Å². The molecule has 2 unspecified atom stereocenters. The zero-order chi connectivity index (χ0) is 9.97. The fourth-order valence-corrected chi connectivity index (χ4v) is 2.33. The zero-order valence-corrected chi connectivity index (χ0v) is 8.78. The first-order chi connectivity index (χ1) is 6.74. The number of hydrogen-bond donors (Lipinski definition) is 1. The van der Waals surface area contributed by atoms with Crippen LogP contribution in [-0.4, -0.2) is 30.6 Å². The Hall–Kier alpha value is -0.600. The van der Waals surface area contributed by atoms with Gasteiger partial charge in [0.25, 0.3) is 0 Å². The molecular formula is C12H20N2. The maximum atomic E-state index is 5.83. The second-order valence-electron chi connectivity index (χ2n) is 4.60. The second kappa shape index (κ2) is 4.28. The van der Waals surface area contributed by atoms with E-state index in [2.05, 4.69) is 23.6 Å². The first-order valence-electron chi connectivity index (χ1n) is 5.57. The molecule has 0 spiro atoms. The molecule has 0 aromatic rings. The first kappa shape index (κ1) is 9.94. The molecule has 2 rings (SSSR count). The number of likely N-dealkylation sites (tertiary alicyclic amines) is 1. The highest BCUT2D eigenvalue weighted by molar-refractivity contribution is 5.06. The Kier molecular flexibility index (Phi) is 3.04. The number of hydrogen-bond acceptors (Lipinski definition) is 2. The van der Waals surface area contributed by atoms with E-state index in [1.54, 1.807) is 0 Å². The number of piperidine rings is 1. The summed E-state index contributed by atoms with van der Waals surface area (Å²) in [4.78, 5) is 2.54. The lowest BCUT2D eigenvalue weighted by atomic mass is 10.0. The lowest BCUT2D eigenvalue weighted by Crippen LogP contribution is -2.34. The average molecular weight is 192 g/mol. The van der Waals surface area contributed by atoms with Crippen molar-refractivity contribution in [3.63, 3.8) is 0 Å². The highest BCUT2D eigenvalue weighted by Crippen LogP contribution is 2.20. The Bertz CT molecular complexity index is 235. The number of rotatable bonds is 2. The summed E-state index contributed by atoms with van der Waals surface area (Å²) in [7, 11) is 0. The molecule has 2 heteroatoms. The monoisotopic (exact) mass is 192 g/mol. The van der Waals surface area contributed by atoms with Crippen LogP contribution in [-0.2, 0) is 0 Å². The molecule has 0 aromatic heterocycles. The fourth-order valence-electron chi connectivity index (χ4n) is 2.33. The van der Waals surface area contributed by atoms with E-state index in [0.717, 1.165) is 6.42 Å². The quantitative estimate of drug-likeness (QED) is 0.672. The summed E-state index contributed by atoms with van der Waals surface area (Å²) in [6.07, 6.45) is 7.93. The van der Waals surface area contributed by atoms with Gasteiger partial charge in [0.2, 0.25) is 0 Å². The third-order valence-electron chi connectivity index (χ3n) is 3.26. The molecule has 1 fully saturated rings. The minimum absolute atomic E-state index is 0.305. The average Bonchev–Trinajstić information content (AvgIpc) is 2.56. The number of nitrogens with two attached hydrogens (primary N) is 1. The van der Waals surface area contributed by atoms with Crippen molar-refractivity contribution in [1.82, 2.24) is 4.90 Å². The van der Waals surface area contributed by atoms with Crippen molar-refractivity contribution in [2.24, 2.45) is 11.7 Å². The number of nitrogens with zero attached hydrogens (tertiary/aromatic N) is 1. The SMILES string of the molecule is C=C1CCN(CC2C=CC(N)C2)CC1. The molecule has 78 valence electrons. The molecule has 0 bridgehead atoms. The Morgan fingerprint density at radius 1 is 1.36 bits per heavy atom. The van der Waals surface area contributed by atoms with E-state index < -0.39 is 0 Å². The molecule has 2 atom stereocenters. The maximum Gasteiger partial charge on any atom is 0.0229 e. The molecule has 2 nitrogen and oxygen atoms in total. The Morgan fingerprint density at radius 3 is 2.64 bits per heavy atom. The summed E-state index contributed by atoms with van der Waals surface area (Å²) in [5.41, 5.74) is 7.25. The van der Waals surface area contributed by atoms with Gasteiger partial charge in [0, 0.05) is 25.7 Å². The van der Waals surface area contributed by atoms with Gasteiger partial charge in [0.05, 0.1) is 0 Å². The highest BCUT2D eigenvalue weighted by atomic mass is 15.1. The van der Waals surface area contributed by atoms with E-state index >= 15 is 0 Å². The molecule has 14 heavy (non-hydrogen) atoms. The summed E-state index contributed by atoms with van der Waals surface area (Å²) < 4.78 is 0. The topological polar surface area (TPSA) is 29.3 Å². The van der Waals surface area contributed by atoms with Crippen LogP contribution in [0.1, 0.15) is 19.3 Å². The van der Waals surface area contributed by atoms with Gasteiger partial charge in [0.15, 0.2) is 0 Å². The van der Waals surface area contributed by atoms with Crippen molar-refractivity contribution in [3.8, 4) is 0 Å². The molecule has 0 aromatic carbocycles. The van der Waals surface area contributed by atoms with Crippen molar-refractivity contribution in [2.45, 2.75) is 25.3 Å². The fraction of sp³-hybridized carbons (Fsp3) is 0.667. The Balaban J connectivity index is 1.76. The Morgan fingerprint density at radius 2 is 2.07 bits per heavy atom. The standard InChI is InChI=1S/C12H20N2/c1-10-4-6-14(7-5-10)9-11-2-3-12(13)8-11/h2-3,11-12H,1,4-9,13H2. The molecule has 0 amide bonds. The Labute approximate surface area is 86.5 Å². The van der Waals surface area contributed by atoms with Crippen molar-refractivity contribution in [2.75, 3.05) is 19.6 Å². The van der Waals surface area contributed by atoms with Crippen LogP contribution in [0.4, 0.5) is 0 Å². The van der Waals surface area contributed by atoms with Gasteiger partial charge in [-0.3, -0.25) is 0 Å². The molecule has 1 aliphatic heterocycles. The van der Waals surface area contributed by atoms with Crippen LogP contribution in [0.2, 0.25) is 0 Å². The van der Waals surface area contributed by atoms with E-state index in [1.165, 1.54) is 38.0 Å². The van der Waals surface area contributed by atoms with Crippen LogP contribution in [0.15, 0.2) is 24.3 Å². The van der Waals surface area contributed by atoms with Crippen molar-refractivity contribution in [1.29, 1.82) is 0 Å². The predicted octanol–water partition coefficient (Wildman–Crippen LogP) is 1.54. The van der Waals surface area contributed by atoms with Gasteiger partial charge < -0.3 is 10.6 Å². The van der Waals surface area contributed by atoms with E-state index in [1.807, 2.05) is 0 Å². The van der Waals surface area contributed by atoms with Crippen LogP contribution >= 0.6 is 0 Å². The maximum absolute atomic E-state index is 5.83. The molecule has 1 heterocycles. The third kappa shape index (κ3) is 2.46. The van der Waals surface area contributed by atoms with Gasteiger partial charge in [-0.15, -0.1) is 0 Å². The van der Waals surface area contributed by atoms with Crippen LogP contribution in [0.25, 0.3) is 0 Å². The molecule has 2 N–H and O–H groups in total. The zero-order valence-electron chi connectivity index (χ0n) is 8.78. The van der Waals surface area contributed by atoms with E-state index in [9.17, 15) is 0 Å². The summed E-state index contributed by atoms with van der Waals surface area (Å²) in [6.45, 7) is 7.61. The molecular weight excluding hydrogens is 172 g/mol. The summed E-state index contributed by atoms with van der Waals surface area (Å²) in [5.74, 6) is 0.691. The normalized spacial score (nSPS) is 33.9. The van der Waals surface area contributed by atoms with Gasteiger partial charge in [-0.1, -0.05) is 24.3 Å². The third-order valence-corrected chi connectivity index (χ3v) is 3.26. The van der Waals surface area contributed by atoms with Crippen LogP contribution in [0.5, 0.6) is 0 Å². The van der Waals surface area contributed by atoms with Gasteiger partial charge in [-0.2, -0.15) is 0 Å². The largest absolute Gasteiger partial charge is 0.324 e. The predicted molar refractivity (Wildman–Crippen MR) is 60.0 cm³/mol. The van der Waals surface area contributed by atoms with Crippen LogP contribution in [0.3, 0.4) is 0 Å². The van der Waals surface area contributed by atoms with Crippen LogP contribution in [0, 0.1) is 5.92 Å². The lowest BCUT2D eigenvalue weighted by Gasteiger charge is -2.29. The van der Waals surface area contributed by atoms with E-state index in [-0.39, 0.29) is 0 Å². The minimum atomic E-state index is 0.305. The second-order valence-corrected chi connectivity index (χ2v) is 4.60. The van der Waals surface area contributed by atoms with Crippen molar-refractivity contribution in [3.05, 3.63) is 24.3 Å². The lowest BCUT2D eigenvalue weighted by molar-refractivity contribution is 0.230. The first-order valence-corrected chi connectivity index (χ1v) is 5.57. The van der Waals surface area contributed by atoms with Gasteiger partial charge in [0.1, 0.15) is 0 Å². The van der Waals surface area contributed by atoms with Gasteiger partial charge in [-0.05, 0) is 25.2 Å². The summed E-state index contributed by atoms with van der Waals surface area (Å²) >= 11 is 0. The summed E-state index contributed by atoms with van der Waals surface area (Å²) in [5, 5.41) is 0. The van der Waals surface area contributed by atoms with Crippen LogP contribution < -0.4 is 5.73 Å². The summed E-state index contributed by atoms with van der Waals surface area (Å²) in [6, 6.07) is 0.305. The molecule has 0 radical (unpaired) electrons. The molecule has 1 aliphatic carbocycles. The van der Waals surface area contributed by atoms with E-state index in [0.29, 0.717) is 12.0 Å². The van der Waals surface area contributed by atoms with Crippen molar-refractivity contribution >= 4 is 0 Å². The highest BCUT2D eigenvalue weighted by Gasteiger charge is 2.20. The minimum Gasteiger partial charge on any atom is -0.324 e. The van der Waals surface area contributed by atoms with Crippen molar-refractivity contribution < 1.29 is 0 Å². The smallest absolute Gasteiger partial charge is 0.0229 e. The molecule has 0 saturated carbocycles. The molecule has 2 aliphatic rings. The van der Waals surface area contributed by atoms with Gasteiger partial charge >= 0.3 is 0 Å².